The molecule has 1 heteroatoms. The molecule has 2 aliphatic rings. The summed E-state index contributed by atoms with van der Waals surface area (Å²) < 4.78 is 0. The van der Waals surface area contributed by atoms with Gasteiger partial charge in [-0.1, -0.05) is 20.8 Å². The average Bonchev–Trinajstić information content (AvgIpc) is 2.34. The standard InChI is InChI=1S/C11H21N/c1-10(2)8-5-6-11(10,3)9(7-8)12-4/h8-9,12H,5-7H2,1-4H3/t8-,9+,11+/m1/s1. The minimum Gasteiger partial charge on any atom is -0.316 e. The summed E-state index contributed by atoms with van der Waals surface area (Å²) in [5.41, 5.74) is 1.13. The average molecular weight is 167 g/mol. The summed E-state index contributed by atoms with van der Waals surface area (Å²) in [6.45, 7) is 7.39. The van der Waals surface area contributed by atoms with Crippen molar-refractivity contribution < 1.29 is 0 Å². The van der Waals surface area contributed by atoms with E-state index in [9.17, 15) is 0 Å². The van der Waals surface area contributed by atoms with Crippen molar-refractivity contribution in [1.29, 1.82) is 0 Å². The summed E-state index contributed by atoms with van der Waals surface area (Å²) >= 11 is 0. The van der Waals surface area contributed by atoms with Crippen molar-refractivity contribution in [2.45, 2.75) is 46.1 Å². The lowest BCUT2D eigenvalue weighted by molar-refractivity contribution is 0.125. The summed E-state index contributed by atoms with van der Waals surface area (Å²) in [7, 11) is 2.12. The summed E-state index contributed by atoms with van der Waals surface area (Å²) in [5, 5.41) is 3.49. The van der Waals surface area contributed by atoms with E-state index in [1.807, 2.05) is 0 Å². The zero-order valence-corrected chi connectivity index (χ0v) is 8.78. The Morgan fingerprint density at radius 3 is 2.17 bits per heavy atom. The lowest BCUT2D eigenvalue weighted by Crippen LogP contribution is -2.42. The molecule has 0 aromatic rings. The first-order chi connectivity index (χ1) is 5.52. The number of nitrogens with one attached hydrogen (secondary N) is 1. The zero-order chi connectivity index (χ0) is 8.98. The Bertz CT molecular complexity index is 197. The van der Waals surface area contributed by atoms with E-state index < -0.39 is 0 Å². The van der Waals surface area contributed by atoms with Crippen LogP contribution in [0.5, 0.6) is 0 Å². The predicted octanol–water partition coefficient (Wildman–Crippen LogP) is 2.42. The molecule has 0 aromatic carbocycles. The molecule has 0 unspecified atom stereocenters. The zero-order valence-electron chi connectivity index (χ0n) is 8.78. The monoisotopic (exact) mass is 167 g/mol. The van der Waals surface area contributed by atoms with E-state index in [-0.39, 0.29) is 0 Å². The van der Waals surface area contributed by atoms with Crippen LogP contribution in [0.4, 0.5) is 0 Å². The fraction of sp³-hybridized carbons (Fsp3) is 1.00. The maximum Gasteiger partial charge on any atom is 0.0126 e. The summed E-state index contributed by atoms with van der Waals surface area (Å²) in [6.07, 6.45) is 4.29. The molecule has 2 saturated carbocycles. The van der Waals surface area contributed by atoms with E-state index in [2.05, 4.69) is 33.1 Å². The minimum absolute atomic E-state index is 0.562. The van der Waals surface area contributed by atoms with Gasteiger partial charge in [0.2, 0.25) is 0 Å². The quantitative estimate of drug-likeness (QED) is 0.632. The van der Waals surface area contributed by atoms with Crippen LogP contribution in [-0.4, -0.2) is 13.1 Å². The van der Waals surface area contributed by atoms with Gasteiger partial charge in [0.1, 0.15) is 0 Å². The van der Waals surface area contributed by atoms with Gasteiger partial charge >= 0.3 is 0 Å². The first-order valence-corrected chi connectivity index (χ1v) is 5.19. The van der Waals surface area contributed by atoms with Crippen LogP contribution in [-0.2, 0) is 0 Å². The Balaban J connectivity index is 2.33. The fourth-order valence-corrected chi connectivity index (χ4v) is 3.64. The van der Waals surface area contributed by atoms with Gasteiger partial charge in [-0.15, -0.1) is 0 Å². The molecule has 2 aliphatic carbocycles. The molecule has 0 radical (unpaired) electrons. The molecule has 2 rings (SSSR count). The largest absolute Gasteiger partial charge is 0.316 e. The third-order valence-electron chi connectivity index (χ3n) is 5.14. The molecule has 3 atom stereocenters. The molecule has 0 saturated heterocycles. The van der Waals surface area contributed by atoms with Crippen molar-refractivity contribution in [3.63, 3.8) is 0 Å². The van der Waals surface area contributed by atoms with Gasteiger partial charge in [-0.25, -0.2) is 0 Å². The molecule has 0 aromatic heterocycles. The molecule has 12 heavy (non-hydrogen) atoms. The van der Waals surface area contributed by atoms with Gasteiger partial charge in [-0.2, -0.15) is 0 Å². The molecule has 2 bridgehead atoms. The Hall–Kier alpha value is -0.0400. The molecule has 0 aliphatic heterocycles. The Morgan fingerprint density at radius 2 is 1.92 bits per heavy atom. The first kappa shape index (κ1) is 8.55. The van der Waals surface area contributed by atoms with Crippen LogP contribution in [0.1, 0.15) is 40.0 Å². The van der Waals surface area contributed by atoms with Crippen LogP contribution in [0, 0.1) is 16.7 Å². The molecule has 1 N–H and O–H groups in total. The summed E-state index contributed by atoms with van der Waals surface area (Å²) in [5.74, 6) is 0.972. The third kappa shape index (κ3) is 0.736. The van der Waals surface area contributed by atoms with E-state index in [4.69, 9.17) is 0 Å². The SMILES string of the molecule is CN[C@H]1C[C@H]2CC[C@]1(C)C2(C)C. The van der Waals surface area contributed by atoms with Crippen LogP contribution in [0.25, 0.3) is 0 Å². The molecular formula is C11H21N. The number of rotatable bonds is 1. The van der Waals surface area contributed by atoms with E-state index in [1.54, 1.807) is 0 Å². The van der Waals surface area contributed by atoms with Crippen molar-refractivity contribution in [2.24, 2.45) is 16.7 Å². The van der Waals surface area contributed by atoms with Crippen molar-refractivity contribution in [2.75, 3.05) is 7.05 Å². The van der Waals surface area contributed by atoms with Gasteiger partial charge in [0.15, 0.2) is 0 Å². The van der Waals surface area contributed by atoms with Crippen LogP contribution in [0.3, 0.4) is 0 Å². The molecule has 0 amide bonds. The summed E-state index contributed by atoms with van der Waals surface area (Å²) in [6, 6.07) is 0.770. The molecular weight excluding hydrogens is 146 g/mol. The fourth-order valence-electron chi connectivity index (χ4n) is 3.64. The third-order valence-corrected chi connectivity index (χ3v) is 5.14. The Kier molecular flexibility index (Phi) is 1.61. The van der Waals surface area contributed by atoms with Gasteiger partial charge in [0, 0.05) is 6.04 Å². The van der Waals surface area contributed by atoms with E-state index in [1.165, 1.54) is 19.3 Å². The van der Waals surface area contributed by atoms with Gasteiger partial charge in [0.05, 0.1) is 0 Å². The second-order valence-corrected chi connectivity index (χ2v) is 5.45. The van der Waals surface area contributed by atoms with Gasteiger partial charge in [-0.05, 0) is 43.1 Å². The number of hydrogen-bond acceptors (Lipinski definition) is 1. The molecule has 2 fully saturated rings. The van der Waals surface area contributed by atoms with E-state index in [0.717, 1.165) is 12.0 Å². The Morgan fingerprint density at radius 1 is 1.25 bits per heavy atom. The van der Waals surface area contributed by atoms with Gasteiger partial charge in [-0.3, -0.25) is 0 Å². The lowest BCUT2D eigenvalue weighted by Gasteiger charge is -2.39. The topological polar surface area (TPSA) is 12.0 Å². The Labute approximate surface area is 75.9 Å². The van der Waals surface area contributed by atoms with Crippen LogP contribution in [0.2, 0.25) is 0 Å². The molecule has 1 nitrogen and oxygen atoms in total. The van der Waals surface area contributed by atoms with Crippen molar-refractivity contribution in [3.8, 4) is 0 Å². The van der Waals surface area contributed by atoms with Crippen molar-refractivity contribution >= 4 is 0 Å². The minimum atomic E-state index is 0.562. The predicted molar refractivity (Wildman–Crippen MR) is 52.1 cm³/mol. The van der Waals surface area contributed by atoms with Crippen LogP contribution < -0.4 is 5.32 Å². The summed E-state index contributed by atoms with van der Waals surface area (Å²) in [4.78, 5) is 0. The maximum atomic E-state index is 3.49. The highest BCUT2D eigenvalue weighted by atomic mass is 14.9. The number of fused-ring (bicyclic) bond motifs is 2. The van der Waals surface area contributed by atoms with Crippen LogP contribution >= 0.6 is 0 Å². The normalized spacial score (nSPS) is 50.0. The lowest BCUT2D eigenvalue weighted by atomic mass is 9.69. The molecule has 0 heterocycles. The smallest absolute Gasteiger partial charge is 0.0126 e. The first-order valence-electron chi connectivity index (χ1n) is 5.19. The van der Waals surface area contributed by atoms with E-state index in [0.29, 0.717) is 10.8 Å². The van der Waals surface area contributed by atoms with Gasteiger partial charge in [0.25, 0.3) is 0 Å². The molecule has 70 valence electrons. The second kappa shape index (κ2) is 2.25. The van der Waals surface area contributed by atoms with E-state index >= 15 is 0 Å². The van der Waals surface area contributed by atoms with Gasteiger partial charge < -0.3 is 5.32 Å². The maximum absolute atomic E-state index is 3.49. The van der Waals surface area contributed by atoms with Crippen LogP contribution in [0.15, 0.2) is 0 Å². The number of hydrogen-bond donors (Lipinski definition) is 1. The highest BCUT2D eigenvalue weighted by molar-refractivity contribution is 5.12. The molecule has 0 spiro atoms. The highest BCUT2D eigenvalue weighted by Gasteiger charge is 2.60. The van der Waals surface area contributed by atoms with Crippen molar-refractivity contribution in [1.82, 2.24) is 5.32 Å². The highest BCUT2D eigenvalue weighted by Crippen LogP contribution is 2.65. The van der Waals surface area contributed by atoms with Crippen molar-refractivity contribution in [3.05, 3.63) is 0 Å². The second-order valence-electron chi connectivity index (χ2n) is 5.45.